The average Bonchev–Trinajstić information content (AvgIpc) is 2.76. The van der Waals surface area contributed by atoms with Crippen LogP contribution in [0, 0.1) is 5.92 Å². The first-order valence-electron chi connectivity index (χ1n) is 5.75. The lowest BCUT2D eigenvalue weighted by molar-refractivity contribution is -0.118. The molecule has 17 heavy (non-hydrogen) atoms. The second kappa shape index (κ2) is 5.57. The predicted octanol–water partition coefficient (Wildman–Crippen LogP) is 0.784. The molecule has 1 amide bonds. The van der Waals surface area contributed by atoms with Crippen LogP contribution >= 0.6 is 11.3 Å². The lowest BCUT2D eigenvalue weighted by atomic mass is 9.96. The van der Waals surface area contributed by atoms with Crippen molar-refractivity contribution in [2.24, 2.45) is 5.92 Å². The quantitative estimate of drug-likeness (QED) is 0.838. The van der Waals surface area contributed by atoms with Gasteiger partial charge in [0.25, 0.3) is 0 Å². The standard InChI is InChI=1S/C11H17N3O2S/c1-8-2-4-14(6-9(8)15)7-10(16)13-11-12-3-5-17-11/h3,5,8-9,15H,2,4,6-7H2,1H3,(H,12,13,16). The minimum absolute atomic E-state index is 0.0679. The largest absolute Gasteiger partial charge is 0.392 e. The van der Waals surface area contributed by atoms with Crippen molar-refractivity contribution in [3.8, 4) is 0 Å². The maximum Gasteiger partial charge on any atom is 0.240 e. The molecule has 94 valence electrons. The van der Waals surface area contributed by atoms with Gasteiger partial charge in [-0.3, -0.25) is 9.69 Å². The third-order valence-corrected chi connectivity index (χ3v) is 3.74. The molecule has 0 spiro atoms. The minimum Gasteiger partial charge on any atom is -0.392 e. The van der Waals surface area contributed by atoms with E-state index in [1.54, 1.807) is 6.20 Å². The summed E-state index contributed by atoms with van der Waals surface area (Å²) in [6.45, 7) is 3.80. The molecule has 2 N–H and O–H groups in total. The number of nitrogens with zero attached hydrogens (tertiary/aromatic N) is 2. The van der Waals surface area contributed by atoms with Crippen LogP contribution < -0.4 is 5.32 Å². The highest BCUT2D eigenvalue weighted by Crippen LogP contribution is 2.17. The highest BCUT2D eigenvalue weighted by molar-refractivity contribution is 7.13. The maximum absolute atomic E-state index is 11.7. The summed E-state index contributed by atoms with van der Waals surface area (Å²) in [4.78, 5) is 17.7. The molecule has 0 bridgehead atoms. The van der Waals surface area contributed by atoms with Crippen LogP contribution in [0.25, 0.3) is 0 Å². The zero-order valence-corrected chi connectivity index (χ0v) is 10.6. The van der Waals surface area contributed by atoms with Crippen molar-refractivity contribution in [2.45, 2.75) is 19.4 Å². The monoisotopic (exact) mass is 255 g/mol. The zero-order valence-electron chi connectivity index (χ0n) is 9.80. The van der Waals surface area contributed by atoms with E-state index in [4.69, 9.17) is 0 Å². The lowest BCUT2D eigenvalue weighted by Crippen LogP contribution is -2.45. The van der Waals surface area contributed by atoms with E-state index >= 15 is 0 Å². The Morgan fingerprint density at radius 1 is 1.76 bits per heavy atom. The van der Waals surface area contributed by atoms with E-state index in [0.29, 0.717) is 24.1 Å². The normalized spacial score (nSPS) is 25.8. The summed E-state index contributed by atoms with van der Waals surface area (Å²) in [6.07, 6.45) is 2.27. The second-order valence-corrected chi connectivity index (χ2v) is 5.35. The highest BCUT2D eigenvalue weighted by atomic mass is 32.1. The molecule has 6 heteroatoms. The van der Waals surface area contributed by atoms with Crippen molar-refractivity contribution in [1.29, 1.82) is 0 Å². The molecular formula is C11H17N3O2S. The number of rotatable bonds is 3. The average molecular weight is 255 g/mol. The number of amides is 1. The first kappa shape index (κ1) is 12.5. The molecule has 1 fully saturated rings. The Labute approximate surface area is 104 Å². The Balaban J connectivity index is 1.79. The van der Waals surface area contributed by atoms with Crippen molar-refractivity contribution >= 4 is 22.4 Å². The number of carbonyl (C=O) groups excluding carboxylic acids is 1. The molecule has 0 aromatic carbocycles. The molecular weight excluding hydrogens is 238 g/mol. The van der Waals surface area contributed by atoms with Crippen LogP contribution in [0.4, 0.5) is 5.13 Å². The Hall–Kier alpha value is -0.980. The van der Waals surface area contributed by atoms with E-state index in [1.807, 2.05) is 17.2 Å². The van der Waals surface area contributed by atoms with E-state index in [-0.39, 0.29) is 12.0 Å². The van der Waals surface area contributed by atoms with Gasteiger partial charge in [0.1, 0.15) is 0 Å². The smallest absolute Gasteiger partial charge is 0.240 e. The number of aliphatic hydroxyl groups is 1. The molecule has 0 aliphatic carbocycles. The van der Waals surface area contributed by atoms with Crippen molar-refractivity contribution in [3.63, 3.8) is 0 Å². The highest BCUT2D eigenvalue weighted by Gasteiger charge is 2.25. The maximum atomic E-state index is 11.7. The van der Waals surface area contributed by atoms with Crippen LogP contribution in [0.15, 0.2) is 11.6 Å². The van der Waals surface area contributed by atoms with Gasteiger partial charge in [0.15, 0.2) is 5.13 Å². The van der Waals surface area contributed by atoms with Gasteiger partial charge in [0.05, 0.1) is 12.6 Å². The van der Waals surface area contributed by atoms with Crippen LogP contribution in [0.3, 0.4) is 0 Å². The van der Waals surface area contributed by atoms with Gasteiger partial charge < -0.3 is 10.4 Å². The minimum atomic E-state index is -0.323. The van der Waals surface area contributed by atoms with Crippen molar-refractivity contribution < 1.29 is 9.90 Å². The Morgan fingerprint density at radius 2 is 2.59 bits per heavy atom. The summed E-state index contributed by atoms with van der Waals surface area (Å²) in [5, 5.41) is 14.9. The van der Waals surface area contributed by atoms with Gasteiger partial charge in [0.2, 0.25) is 5.91 Å². The Morgan fingerprint density at radius 3 is 3.24 bits per heavy atom. The second-order valence-electron chi connectivity index (χ2n) is 4.45. The van der Waals surface area contributed by atoms with Crippen LogP contribution in [-0.4, -0.2) is 46.6 Å². The van der Waals surface area contributed by atoms with Gasteiger partial charge in [-0.1, -0.05) is 6.92 Å². The Kier molecular flexibility index (Phi) is 4.09. The summed E-state index contributed by atoms with van der Waals surface area (Å²) < 4.78 is 0. The lowest BCUT2D eigenvalue weighted by Gasteiger charge is -2.33. The van der Waals surface area contributed by atoms with Gasteiger partial charge in [-0.05, 0) is 18.9 Å². The van der Waals surface area contributed by atoms with Gasteiger partial charge in [-0.25, -0.2) is 4.98 Å². The van der Waals surface area contributed by atoms with Crippen LogP contribution in [-0.2, 0) is 4.79 Å². The number of β-amino-alcohol motifs (C(OH)–C–C–N with tert-alkyl or cyclic N) is 1. The summed E-state index contributed by atoms with van der Waals surface area (Å²) in [5.41, 5.74) is 0. The number of carbonyl (C=O) groups is 1. The molecule has 0 radical (unpaired) electrons. The Bertz CT molecular complexity index is 369. The van der Waals surface area contributed by atoms with Crippen molar-refractivity contribution in [2.75, 3.05) is 25.0 Å². The van der Waals surface area contributed by atoms with E-state index in [1.165, 1.54) is 11.3 Å². The number of anilines is 1. The molecule has 1 aromatic rings. The molecule has 1 aliphatic rings. The van der Waals surface area contributed by atoms with Crippen LogP contribution in [0.1, 0.15) is 13.3 Å². The number of aliphatic hydroxyl groups excluding tert-OH is 1. The number of aromatic nitrogens is 1. The first-order chi connectivity index (χ1) is 8.15. The van der Waals surface area contributed by atoms with Crippen LogP contribution in [0.5, 0.6) is 0 Å². The van der Waals surface area contributed by atoms with Crippen molar-refractivity contribution in [1.82, 2.24) is 9.88 Å². The first-order valence-corrected chi connectivity index (χ1v) is 6.63. The molecule has 2 atom stereocenters. The van der Waals surface area contributed by atoms with E-state index in [2.05, 4.69) is 10.3 Å². The van der Waals surface area contributed by atoms with Crippen LogP contribution in [0.2, 0.25) is 0 Å². The molecule has 1 aliphatic heterocycles. The topological polar surface area (TPSA) is 65.5 Å². The SMILES string of the molecule is CC1CCN(CC(=O)Nc2nccs2)CC1O. The number of piperidine rings is 1. The number of hydrogen-bond acceptors (Lipinski definition) is 5. The molecule has 1 saturated heterocycles. The predicted molar refractivity (Wildman–Crippen MR) is 67.0 cm³/mol. The van der Waals surface area contributed by atoms with Gasteiger partial charge in [-0.2, -0.15) is 0 Å². The third-order valence-electron chi connectivity index (χ3n) is 3.05. The van der Waals surface area contributed by atoms with Gasteiger partial charge >= 0.3 is 0 Å². The van der Waals surface area contributed by atoms with Gasteiger partial charge in [0, 0.05) is 18.1 Å². The number of likely N-dealkylation sites (tertiary alicyclic amines) is 1. The summed E-state index contributed by atoms with van der Waals surface area (Å²) in [6, 6.07) is 0. The molecule has 1 aromatic heterocycles. The number of nitrogens with one attached hydrogen (secondary N) is 1. The summed E-state index contributed by atoms with van der Waals surface area (Å²) in [5.74, 6) is 0.259. The number of thiazole rings is 1. The molecule has 0 saturated carbocycles. The molecule has 2 unspecified atom stereocenters. The van der Waals surface area contributed by atoms with E-state index in [0.717, 1.165) is 13.0 Å². The fourth-order valence-electron chi connectivity index (χ4n) is 1.91. The third kappa shape index (κ3) is 3.49. The fourth-order valence-corrected chi connectivity index (χ4v) is 2.45. The molecule has 2 heterocycles. The fraction of sp³-hybridized carbons (Fsp3) is 0.636. The van der Waals surface area contributed by atoms with E-state index < -0.39 is 0 Å². The van der Waals surface area contributed by atoms with E-state index in [9.17, 15) is 9.90 Å². The summed E-state index contributed by atoms with van der Waals surface area (Å²) in [7, 11) is 0. The molecule has 5 nitrogen and oxygen atoms in total. The van der Waals surface area contributed by atoms with Crippen molar-refractivity contribution in [3.05, 3.63) is 11.6 Å². The summed E-state index contributed by atoms with van der Waals surface area (Å²) >= 11 is 1.40. The van der Waals surface area contributed by atoms with Gasteiger partial charge in [-0.15, -0.1) is 11.3 Å². The number of hydrogen-bond donors (Lipinski definition) is 2. The molecule has 2 rings (SSSR count). The zero-order chi connectivity index (χ0) is 12.3.